The summed E-state index contributed by atoms with van der Waals surface area (Å²) in [5.41, 5.74) is 0. The van der Waals surface area contributed by atoms with E-state index in [4.69, 9.17) is 5.11 Å². The van der Waals surface area contributed by atoms with Crippen molar-refractivity contribution in [3.63, 3.8) is 0 Å². The second-order valence-corrected chi connectivity index (χ2v) is 2.42. The number of carbonyl (C=O) groups excluding carboxylic acids is 1. The standard InChI is InChI=1S/C6H10F3NO3/c1-4(2-11)10-5(12)13-3-6(7,8)9/h4,11H,2-3H2,1H3,(H,10,12). The van der Waals surface area contributed by atoms with Crippen LogP contribution in [0, 0.1) is 0 Å². The number of carbonyl (C=O) groups is 1. The lowest BCUT2D eigenvalue weighted by atomic mass is 10.4. The number of aliphatic hydroxyl groups is 1. The third kappa shape index (κ3) is 7.38. The summed E-state index contributed by atoms with van der Waals surface area (Å²) >= 11 is 0. The van der Waals surface area contributed by atoms with E-state index in [1.54, 1.807) is 0 Å². The number of amides is 1. The largest absolute Gasteiger partial charge is 0.440 e. The Labute approximate surface area is 72.7 Å². The molecule has 4 nitrogen and oxygen atoms in total. The smallest absolute Gasteiger partial charge is 0.422 e. The zero-order valence-corrected chi connectivity index (χ0v) is 6.89. The molecule has 0 fully saturated rings. The first-order chi connectivity index (χ1) is 5.85. The molecule has 0 saturated heterocycles. The monoisotopic (exact) mass is 201 g/mol. The number of alkyl halides is 3. The lowest BCUT2D eigenvalue weighted by Crippen LogP contribution is -2.37. The minimum Gasteiger partial charge on any atom is -0.440 e. The van der Waals surface area contributed by atoms with E-state index in [2.05, 4.69) is 4.74 Å². The van der Waals surface area contributed by atoms with E-state index >= 15 is 0 Å². The third-order valence-electron chi connectivity index (χ3n) is 1.01. The van der Waals surface area contributed by atoms with Crippen LogP contribution in [0.3, 0.4) is 0 Å². The Morgan fingerprint density at radius 3 is 2.54 bits per heavy atom. The Morgan fingerprint density at radius 1 is 1.62 bits per heavy atom. The predicted octanol–water partition coefficient (Wildman–Crippen LogP) is 0.656. The molecule has 78 valence electrons. The van der Waals surface area contributed by atoms with Crippen molar-refractivity contribution in [1.29, 1.82) is 0 Å². The van der Waals surface area contributed by atoms with Gasteiger partial charge in [-0.25, -0.2) is 4.79 Å². The third-order valence-corrected chi connectivity index (χ3v) is 1.01. The molecule has 0 aliphatic heterocycles. The summed E-state index contributed by atoms with van der Waals surface area (Å²) in [6, 6.07) is -0.624. The van der Waals surface area contributed by atoms with Gasteiger partial charge in [0.15, 0.2) is 6.61 Å². The van der Waals surface area contributed by atoms with Crippen molar-refractivity contribution >= 4 is 6.09 Å². The molecular weight excluding hydrogens is 191 g/mol. The minimum absolute atomic E-state index is 0.360. The van der Waals surface area contributed by atoms with E-state index in [0.717, 1.165) is 0 Å². The zero-order valence-electron chi connectivity index (χ0n) is 6.89. The first-order valence-electron chi connectivity index (χ1n) is 3.46. The Morgan fingerprint density at radius 2 is 2.15 bits per heavy atom. The zero-order chi connectivity index (χ0) is 10.5. The summed E-state index contributed by atoms with van der Waals surface area (Å²) in [6.07, 6.45) is -5.72. The van der Waals surface area contributed by atoms with E-state index in [0.29, 0.717) is 0 Å². The molecule has 0 aromatic carbocycles. The van der Waals surface area contributed by atoms with Gasteiger partial charge in [0.2, 0.25) is 0 Å². The van der Waals surface area contributed by atoms with Crippen molar-refractivity contribution in [3.05, 3.63) is 0 Å². The van der Waals surface area contributed by atoms with Crippen LogP contribution in [0.25, 0.3) is 0 Å². The van der Waals surface area contributed by atoms with Crippen LogP contribution in [-0.4, -0.2) is 36.6 Å². The van der Waals surface area contributed by atoms with Gasteiger partial charge in [-0.3, -0.25) is 0 Å². The van der Waals surface area contributed by atoms with Gasteiger partial charge in [0.1, 0.15) is 0 Å². The van der Waals surface area contributed by atoms with Crippen molar-refractivity contribution in [2.45, 2.75) is 19.1 Å². The molecule has 1 amide bonds. The van der Waals surface area contributed by atoms with E-state index in [1.165, 1.54) is 6.92 Å². The van der Waals surface area contributed by atoms with Crippen LogP contribution >= 0.6 is 0 Å². The number of ether oxygens (including phenoxy) is 1. The fraction of sp³-hybridized carbons (Fsp3) is 0.833. The maximum absolute atomic E-state index is 11.5. The van der Waals surface area contributed by atoms with Gasteiger partial charge in [-0.15, -0.1) is 0 Å². The summed E-state index contributed by atoms with van der Waals surface area (Å²) < 4.78 is 38.2. The lowest BCUT2D eigenvalue weighted by molar-refractivity contribution is -0.160. The molecule has 0 rings (SSSR count). The molecule has 0 aliphatic carbocycles. The quantitative estimate of drug-likeness (QED) is 0.705. The number of rotatable bonds is 3. The number of hydrogen-bond acceptors (Lipinski definition) is 3. The van der Waals surface area contributed by atoms with E-state index in [1.807, 2.05) is 5.32 Å². The van der Waals surface area contributed by atoms with Crippen LogP contribution in [0.15, 0.2) is 0 Å². The van der Waals surface area contributed by atoms with Crippen LogP contribution in [0.4, 0.5) is 18.0 Å². The van der Waals surface area contributed by atoms with Crippen molar-refractivity contribution < 1.29 is 27.8 Å². The number of alkyl carbamates (subject to hydrolysis) is 1. The number of hydrogen-bond donors (Lipinski definition) is 2. The van der Waals surface area contributed by atoms with E-state index in [-0.39, 0.29) is 6.61 Å². The highest BCUT2D eigenvalue weighted by atomic mass is 19.4. The Hall–Kier alpha value is -0.980. The SMILES string of the molecule is CC(CO)NC(=O)OCC(F)(F)F. The van der Waals surface area contributed by atoms with Crippen LogP contribution in [-0.2, 0) is 4.74 Å². The predicted molar refractivity (Wildman–Crippen MR) is 37.1 cm³/mol. The maximum Gasteiger partial charge on any atom is 0.422 e. The summed E-state index contributed by atoms with van der Waals surface area (Å²) in [5, 5.41) is 10.4. The van der Waals surface area contributed by atoms with Crippen LogP contribution in [0.5, 0.6) is 0 Å². The number of aliphatic hydroxyl groups excluding tert-OH is 1. The first-order valence-corrected chi connectivity index (χ1v) is 3.46. The van der Waals surface area contributed by atoms with Gasteiger partial charge in [0, 0.05) is 0 Å². The van der Waals surface area contributed by atoms with E-state index in [9.17, 15) is 18.0 Å². The Bertz CT molecular complexity index is 171. The van der Waals surface area contributed by atoms with Gasteiger partial charge >= 0.3 is 12.3 Å². The highest BCUT2D eigenvalue weighted by molar-refractivity contribution is 5.67. The van der Waals surface area contributed by atoms with Gasteiger partial charge in [0.25, 0.3) is 0 Å². The van der Waals surface area contributed by atoms with Gasteiger partial charge < -0.3 is 15.2 Å². The van der Waals surface area contributed by atoms with Crippen molar-refractivity contribution in [2.24, 2.45) is 0 Å². The van der Waals surface area contributed by atoms with Gasteiger partial charge in [-0.1, -0.05) is 0 Å². The molecule has 1 unspecified atom stereocenters. The number of halogens is 3. The Kier molecular flexibility index (Phi) is 4.53. The molecule has 0 aliphatic rings. The van der Waals surface area contributed by atoms with Crippen LogP contribution < -0.4 is 5.32 Å². The van der Waals surface area contributed by atoms with Gasteiger partial charge in [0.05, 0.1) is 12.6 Å². The molecule has 0 saturated carbocycles. The Balaban J connectivity index is 3.64. The summed E-state index contributed by atoms with van der Waals surface area (Å²) in [4.78, 5) is 10.5. The molecule has 0 aromatic rings. The van der Waals surface area contributed by atoms with Crippen molar-refractivity contribution in [1.82, 2.24) is 5.32 Å². The maximum atomic E-state index is 11.5. The fourth-order valence-corrected chi connectivity index (χ4v) is 0.436. The molecule has 0 bridgehead atoms. The minimum atomic E-state index is -4.53. The van der Waals surface area contributed by atoms with E-state index < -0.39 is 24.9 Å². The molecule has 1 atom stereocenters. The van der Waals surface area contributed by atoms with Crippen molar-refractivity contribution in [2.75, 3.05) is 13.2 Å². The molecule has 0 radical (unpaired) electrons. The van der Waals surface area contributed by atoms with Gasteiger partial charge in [-0.2, -0.15) is 13.2 Å². The van der Waals surface area contributed by atoms with Gasteiger partial charge in [-0.05, 0) is 6.92 Å². The average molecular weight is 201 g/mol. The molecule has 7 heteroatoms. The highest BCUT2D eigenvalue weighted by Crippen LogP contribution is 2.14. The van der Waals surface area contributed by atoms with Crippen LogP contribution in [0.1, 0.15) is 6.92 Å². The molecule has 0 heterocycles. The van der Waals surface area contributed by atoms with Crippen LogP contribution in [0.2, 0.25) is 0 Å². The molecular formula is C6H10F3NO3. The lowest BCUT2D eigenvalue weighted by Gasteiger charge is -2.12. The second-order valence-electron chi connectivity index (χ2n) is 2.42. The molecule has 2 N–H and O–H groups in total. The number of nitrogens with one attached hydrogen (secondary N) is 1. The summed E-state index contributed by atoms with van der Waals surface area (Å²) in [5.74, 6) is 0. The molecule has 0 aromatic heterocycles. The summed E-state index contributed by atoms with van der Waals surface area (Å²) in [6.45, 7) is -0.563. The normalized spacial score (nSPS) is 13.6. The molecule has 13 heavy (non-hydrogen) atoms. The second kappa shape index (κ2) is 4.90. The highest BCUT2D eigenvalue weighted by Gasteiger charge is 2.29. The molecule has 0 spiro atoms. The van der Waals surface area contributed by atoms with Crippen molar-refractivity contribution in [3.8, 4) is 0 Å². The first kappa shape index (κ1) is 12.0. The topological polar surface area (TPSA) is 58.6 Å². The fourth-order valence-electron chi connectivity index (χ4n) is 0.436. The summed E-state index contributed by atoms with van der Waals surface area (Å²) in [7, 11) is 0. The average Bonchev–Trinajstić information content (AvgIpc) is 1.99.